The molecule has 0 aliphatic rings. The standard InChI is InChI=1S/C14H12F3N5O2S/c1-18-25(23,24)11-7-19-4-3-9(11)12-21-10-5-8(14(15,16)17)6-20-13(10)22(12)2/h3-7,18H,1-2H3. The van der Waals surface area contributed by atoms with Crippen LogP contribution in [0.2, 0.25) is 0 Å². The highest BCUT2D eigenvalue weighted by molar-refractivity contribution is 7.89. The number of fused-ring (bicyclic) bond motifs is 1. The first kappa shape index (κ1) is 17.3. The van der Waals surface area contributed by atoms with E-state index in [-0.39, 0.29) is 27.4 Å². The van der Waals surface area contributed by atoms with Gasteiger partial charge in [-0.15, -0.1) is 0 Å². The van der Waals surface area contributed by atoms with Crippen LogP contribution >= 0.6 is 0 Å². The highest BCUT2D eigenvalue weighted by atomic mass is 32.2. The number of halogens is 3. The second kappa shape index (κ2) is 5.77. The average molecular weight is 371 g/mol. The van der Waals surface area contributed by atoms with E-state index < -0.39 is 21.8 Å². The van der Waals surface area contributed by atoms with Gasteiger partial charge in [0.2, 0.25) is 10.0 Å². The Kier molecular flexibility index (Phi) is 4.00. The van der Waals surface area contributed by atoms with Crippen molar-refractivity contribution in [1.29, 1.82) is 0 Å². The Labute approximate surface area is 140 Å². The molecule has 3 heterocycles. The summed E-state index contributed by atoms with van der Waals surface area (Å²) in [6.45, 7) is 0. The van der Waals surface area contributed by atoms with Crippen molar-refractivity contribution >= 4 is 21.2 Å². The Morgan fingerprint density at radius 3 is 2.60 bits per heavy atom. The Balaban J connectivity index is 2.26. The highest BCUT2D eigenvalue weighted by Gasteiger charge is 2.32. The molecule has 7 nitrogen and oxygen atoms in total. The molecular formula is C14H12F3N5O2S. The molecule has 0 radical (unpaired) electrons. The van der Waals surface area contributed by atoms with Crippen LogP contribution in [0.25, 0.3) is 22.6 Å². The van der Waals surface area contributed by atoms with Crippen LogP contribution in [0.4, 0.5) is 13.2 Å². The Morgan fingerprint density at radius 2 is 1.96 bits per heavy atom. The topological polar surface area (TPSA) is 89.8 Å². The predicted molar refractivity (Wildman–Crippen MR) is 83.0 cm³/mol. The van der Waals surface area contributed by atoms with Gasteiger partial charge in [0.25, 0.3) is 0 Å². The number of nitrogens with zero attached hydrogens (tertiary/aromatic N) is 4. The SMILES string of the molecule is CNS(=O)(=O)c1cnccc1-c1nc2cc(C(F)(F)F)cnc2n1C. The van der Waals surface area contributed by atoms with Crippen LogP contribution in [0.5, 0.6) is 0 Å². The highest BCUT2D eigenvalue weighted by Crippen LogP contribution is 2.32. The van der Waals surface area contributed by atoms with Crippen molar-refractivity contribution in [1.82, 2.24) is 24.2 Å². The molecule has 3 aromatic heterocycles. The second-order valence-corrected chi connectivity index (χ2v) is 6.99. The van der Waals surface area contributed by atoms with Gasteiger partial charge < -0.3 is 4.57 Å². The number of aryl methyl sites for hydroxylation is 1. The minimum atomic E-state index is -4.55. The van der Waals surface area contributed by atoms with E-state index in [4.69, 9.17) is 0 Å². The molecule has 0 spiro atoms. The maximum absolute atomic E-state index is 12.8. The summed E-state index contributed by atoms with van der Waals surface area (Å²) in [5, 5.41) is 0. The third-order valence-electron chi connectivity index (χ3n) is 3.62. The van der Waals surface area contributed by atoms with Crippen LogP contribution in [0.15, 0.2) is 35.6 Å². The molecule has 25 heavy (non-hydrogen) atoms. The first-order chi connectivity index (χ1) is 11.6. The third-order valence-corrected chi connectivity index (χ3v) is 5.06. The van der Waals surface area contributed by atoms with Crippen LogP contribution in [0.3, 0.4) is 0 Å². The van der Waals surface area contributed by atoms with E-state index >= 15 is 0 Å². The third kappa shape index (κ3) is 2.96. The predicted octanol–water partition coefficient (Wildman–Crippen LogP) is 1.96. The second-order valence-electron chi connectivity index (χ2n) is 5.14. The van der Waals surface area contributed by atoms with Gasteiger partial charge in [-0.05, 0) is 19.2 Å². The van der Waals surface area contributed by atoms with E-state index in [1.165, 1.54) is 23.9 Å². The smallest absolute Gasteiger partial charge is 0.312 e. The number of pyridine rings is 2. The molecule has 0 atom stereocenters. The quantitative estimate of drug-likeness (QED) is 0.760. The number of imidazole rings is 1. The molecule has 0 unspecified atom stereocenters. The van der Waals surface area contributed by atoms with Crippen LogP contribution in [-0.4, -0.2) is 35.0 Å². The molecule has 0 aliphatic heterocycles. The van der Waals surface area contributed by atoms with E-state index in [2.05, 4.69) is 19.7 Å². The van der Waals surface area contributed by atoms with Gasteiger partial charge in [0.05, 0.1) is 5.56 Å². The molecule has 0 bridgehead atoms. The molecule has 132 valence electrons. The Hall–Kier alpha value is -2.53. The fourth-order valence-electron chi connectivity index (χ4n) is 2.36. The maximum atomic E-state index is 12.8. The lowest BCUT2D eigenvalue weighted by Gasteiger charge is -2.08. The van der Waals surface area contributed by atoms with Crippen molar-refractivity contribution in [2.24, 2.45) is 7.05 Å². The zero-order chi connectivity index (χ0) is 18.4. The lowest BCUT2D eigenvalue weighted by molar-refractivity contribution is -0.137. The number of nitrogens with one attached hydrogen (secondary N) is 1. The molecule has 0 aliphatic carbocycles. The van der Waals surface area contributed by atoms with Gasteiger partial charge in [0.15, 0.2) is 5.65 Å². The maximum Gasteiger partial charge on any atom is 0.417 e. The van der Waals surface area contributed by atoms with Crippen LogP contribution in [0, 0.1) is 0 Å². The summed E-state index contributed by atoms with van der Waals surface area (Å²) >= 11 is 0. The van der Waals surface area contributed by atoms with Gasteiger partial charge in [0.1, 0.15) is 16.2 Å². The van der Waals surface area contributed by atoms with E-state index in [0.717, 1.165) is 12.3 Å². The van der Waals surface area contributed by atoms with Crippen molar-refractivity contribution in [2.75, 3.05) is 7.05 Å². The van der Waals surface area contributed by atoms with E-state index in [9.17, 15) is 21.6 Å². The summed E-state index contributed by atoms with van der Waals surface area (Å²) < 4.78 is 66.4. The molecule has 0 amide bonds. The van der Waals surface area contributed by atoms with Crippen molar-refractivity contribution in [2.45, 2.75) is 11.1 Å². The molecule has 0 aromatic carbocycles. The first-order valence-electron chi connectivity index (χ1n) is 6.93. The fourth-order valence-corrected chi connectivity index (χ4v) is 3.23. The van der Waals surface area contributed by atoms with E-state index in [1.54, 1.807) is 7.05 Å². The lowest BCUT2D eigenvalue weighted by atomic mass is 10.2. The normalized spacial score (nSPS) is 12.7. The van der Waals surface area contributed by atoms with Crippen LogP contribution in [0.1, 0.15) is 5.56 Å². The van der Waals surface area contributed by atoms with Gasteiger partial charge in [0, 0.05) is 31.2 Å². The molecule has 1 N–H and O–H groups in total. The van der Waals surface area contributed by atoms with Gasteiger partial charge in [-0.3, -0.25) is 4.98 Å². The van der Waals surface area contributed by atoms with Gasteiger partial charge >= 0.3 is 6.18 Å². The summed E-state index contributed by atoms with van der Waals surface area (Å²) in [5.74, 6) is 0.165. The molecule has 0 fully saturated rings. The van der Waals surface area contributed by atoms with Crippen LogP contribution in [-0.2, 0) is 23.2 Å². The number of hydrogen-bond acceptors (Lipinski definition) is 5. The van der Waals surface area contributed by atoms with E-state index in [1.807, 2.05) is 0 Å². The number of hydrogen-bond donors (Lipinski definition) is 1. The number of sulfonamides is 1. The molecular weight excluding hydrogens is 359 g/mol. The minimum absolute atomic E-state index is 0.0111. The monoisotopic (exact) mass is 371 g/mol. The Morgan fingerprint density at radius 1 is 1.24 bits per heavy atom. The van der Waals surface area contributed by atoms with Crippen molar-refractivity contribution in [3.05, 3.63) is 36.3 Å². The number of alkyl halides is 3. The summed E-state index contributed by atoms with van der Waals surface area (Å²) in [7, 11) is -1.04. The largest absolute Gasteiger partial charge is 0.417 e. The van der Waals surface area contributed by atoms with Crippen LogP contribution < -0.4 is 4.72 Å². The van der Waals surface area contributed by atoms with Crippen molar-refractivity contribution in [3.8, 4) is 11.4 Å². The number of rotatable bonds is 3. The van der Waals surface area contributed by atoms with Gasteiger partial charge in [-0.25, -0.2) is 23.1 Å². The molecule has 3 rings (SSSR count). The van der Waals surface area contributed by atoms with Gasteiger partial charge in [-0.2, -0.15) is 13.2 Å². The summed E-state index contributed by atoms with van der Waals surface area (Å²) in [6.07, 6.45) is -1.31. The molecule has 3 aromatic rings. The summed E-state index contributed by atoms with van der Waals surface area (Å²) in [4.78, 5) is 11.6. The van der Waals surface area contributed by atoms with Gasteiger partial charge in [-0.1, -0.05) is 0 Å². The fraction of sp³-hybridized carbons (Fsp3) is 0.214. The molecule has 11 heteroatoms. The summed E-state index contributed by atoms with van der Waals surface area (Å²) in [6, 6.07) is 2.30. The lowest BCUT2D eigenvalue weighted by Crippen LogP contribution is -2.20. The Bertz CT molecular complexity index is 1060. The molecule has 0 saturated carbocycles. The zero-order valence-corrected chi connectivity index (χ0v) is 13.9. The van der Waals surface area contributed by atoms with E-state index in [0.29, 0.717) is 6.20 Å². The van der Waals surface area contributed by atoms with Crippen molar-refractivity contribution in [3.63, 3.8) is 0 Å². The first-order valence-corrected chi connectivity index (χ1v) is 8.41. The zero-order valence-electron chi connectivity index (χ0n) is 13.0. The average Bonchev–Trinajstić information content (AvgIpc) is 2.90. The number of aromatic nitrogens is 4. The summed E-state index contributed by atoms with van der Waals surface area (Å²) in [5.41, 5.74) is -0.509. The molecule has 0 saturated heterocycles. The van der Waals surface area contributed by atoms with Crippen molar-refractivity contribution < 1.29 is 21.6 Å². The minimum Gasteiger partial charge on any atom is -0.312 e.